The Morgan fingerprint density at radius 2 is 1.89 bits per heavy atom. The maximum Gasteiger partial charge on any atom is 0.419 e. The van der Waals surface area contributed by atoms with Crippen LogP contribution in [0, 0.1) is 0 Å². The lowest BCUT2D eigenvalue weighted by molar-refractivity contribution is 0.414. The van der Waals surface area contributed by atoms with Gasteiger partial charge < -0.3 is 9.15 Å². The minimum atomic E-state index is -3.67. The van der Waals surface area contributed by atoms with E-state index in [1.165, 1.54) is 16.7 Å². The fourth-order valence-corrected chi connectivity index (χ4v) is 3.98. The number of nitrogens with zero attached hydrogens (tertiary/aromatic N) is 1. The molecule has 0 aliphatic rings. The molecule has 27 heavy (non-hydrogen) atoms. The van der Waals surface area contributed by atoms with Gasteiger partial charge in [0.05, 0.1) is 17.5 Å². The molecule has 0 aliphatic carbocycles. The first kappa shape index (κ1) is 19.2. The number of aromatic nitrogens is 1. The summed E-state index contributed by atoms with van der Waals surface area (Å²) in [5.41, 5.74) is 1.96. The summed E-state index contributed by atoms with van der Waals surface area (Å²) in [5.74, 6) is 0.299. The maximum absolute atomic E-state index is 12.5. The summed E-state index contributed by atoms with van der Waals surface area (Å²) < 4.78 is 39.2. The van der Waals surface area contributed by atoms with Crippen molar-refractivity contribution in [3.63, 3.8) is 0 Å². The molecule has 1 N–H and O–H groups in total. The molecule has 0 saturated carbocycles. The van der Waals surface area contributed by atoms with Crippen molar-refractivity contribution < 1.29 is 17.6 Å². The van der Waals surface area contributed by atoms with Gasteiger partial charge in [0, 0.05) is 19.2 Å². The van der Waals surface area contributed by atoms with Gasteiger partial charge in [-0.25, -0.2) is 17.9 Å². The summed E-state index contributed by atoms with van der Waals surface area (Å²) in [6.07, 6.45) is 1.41. The maximum atomic E-state index is 12.5. The van der Waals surface area contributed by atoms with Crippen molar-refractivity contribution in [2.45, 2.75) is 31.2 Å². The highest BCUT2D eigenvalue weighted by Crippen LogP contribution is 2.18. The molecule has 0 amide bonds. The van der Waals surface area contributed by atoms with Crippen LogP contribution in [0.4, 0.5) is 0 Å². The second-order valence-electron chi connectivity index (χ2n) is 6.09. The molecule has 0 spiro atoms. The van der Waals surface area contributed by atoms with Gasteiger partial charge in [-0.2, -0.15) is 0 Å². The third-order valence-electron chi connectivity index (χ3n) is 4.36. The topological polar surface area (TPSA) is 90.5 Å². The summed E-state index contributed by atoms with van der Waals surface area (Å²) in [7, 11) is -2.05. The third kappa shape index (κ3) is 4.23. The van der Waals surface area contributed by atoms with Gasteiger partial charge in [-0.05, 0) is 49.6 Å². The van der Waals surface area contributed by atoms with Gasteiger partial charge in [0.15, 0.2) is 5.58 Å². The van der Waals surface area contributed by atoms with E-state index in [2.05, 4.69) is 4.72 Å². The van der Waals surface area contributed by atoms with Crippen molar-refractivity contribution in [2.24, 2.45) is 0 Å². The number of aryl methyl sites for hydroxylation is 2. The molecule has 144 valence electrons. The Morgan fingerprint density at radius 1 is 1.15 bits per heavy atom. The number of nitrogens with one attached hydrogen (secondary N) is 1. The predicted octanol–water partition coefficient (Wildman–Crippen LogP) is 2.53. The van der Waals surface area contributed by atoms with E-state index in [4.69, 9.17) is 9.15 Å². The molecule has 0 radical (unpaired) electrons. The number of rotatable bonds is 8. The fourth-order valence-electron chi connectivity index (χ4n) is 2.89. The Bertz CT molecular complexity index is 1080. The van der Waals surface area contributed by atoms with Crippen LogP contribution in [-0.2, 0) is 23.0 Å². The molecule has 0 aliphatic heterocycles. The first-order valence-corrected chi connectivity index (χ1v) is 10.2. The summed E-state index contributed by atoms with van der Waals surface area (Å²) in [6, 6.07) is 12.1. The summed E-state index contributed by atoms with van der Waals surface area (Å²) in [4.78, 5) is 11.8. The monoisotopic (exact) mass is 390 g/mol. The average molecular weight is 390 g/mol. The average Bonchev–Trinajstić information content (AvgIpc) is 2.99. The van der Waals surface area contributed by atoms with Gasteiger partial charge in [0.1, 0.15) is 5.75 Å². The fraction of sp³-hybridized carbons (Fsp3) is 0.316. The molecule has 7 nitrogen and oxygen atoms in total. The standard InChI is InChI=1S/C19H22N2O5S/c1-3-21-17-11-10-16(13-18(17)26-19(21)22)27(23,24)20-12-4-5-14-6-8-15(25-2)9-7-14/h6-11,13,20H,3-5,12H2,1-2H3. The molecule has 0 unspecified atom stereocenters. The second kappa shape index (κ2) is 7.98. The smallest absolute Gasteiger partial charge is 0.419 e. The summed E-state index contributed by atoms with van der Waals surface area (Å²) in [6.45, 7) is 2.60. The molecule has 1 aromatic heterocycles. The number of fused-ring (bicyclic) bond motifs is 1. The van der Waals surface area contributed by atoms with Crippen LogP contribution in [0.2, 0.25) is 0 Å². The molecular weight excluding hydrogens is 368 g/mol. The SMILES string of the molecule is CCn1c(=O)oc2cc(S(=O)(=O)NCCCc3ccc(OC)cc3)ccc21. The molecule has 0 atom stereocenters. The van der Waals surface area contributed by atoms with Crippen LogP contribution in [0.1, 0.15) is 18.9 Å². The zero-order valence-corrected chi connectivity index (χ0v) is 16.1. The highest BCUT2D eigenvalue weighted by molar-refractivity contribution is 7.89. The van der Waals surface area contributed by atoms with Gasteiger partial charge >= 0.3 is 5.76 Å². The summed E-state index contributed by atoms with van der Waals surface area (Å²) in [5, 5.41) is 0. The van der Waals surface area contributed by atoms with Crippen LogP contribution < -0.4 is 15.2 Å². The Labute approximate surface area is 157 Å². The Hall–Kier alpha value is -2.58. The van der Waals surface area contributed by atoms with Crippen LogP contribution in [0.25, 0.3) is 11.1 Å². The van der Waals surface area contributed by atoms with Crippen molar-refractivity contribution in [2.75, 3.05) is 13.7 Å². The zero-order valence-electron chi connectivity index (χ0n) is 15.3. The summed E-state index contributed by atoms with van der Waals surface area (Å²) >= 11 is 0. The van der Waals surface area contributed by atoms with Crippen molar-refractivity contribution in [3.05, 3.63) is 58.6 Å². The zero-order chi connectivity index (χ0) is 19.4. The predicted molar refractivity (Wildman–Crippen MR) is 103 cm³/mol. The van der Waals surface area contributed by atoms with Crippen LogP contribution in [-0.4, -0.2) is 26.6 Å². The molecule has 3 aromatic rings. The van der Waals surface area contributed by atoms with Crippen LogP contribution in [0.15, 0.2) is 56.6 Å². The van der Waals surface area contributed by atoms with Crippen molar-refractivity contribution in [3.8, 4) is 5.75 Å². The Morgan fingerprint density at radius 3 is 2.56 bits per heavy atom. The number of benzene rings is 2. The van der Waals surface area contributed by atoms with Gasteiger partial charge in [-0.3, -0.25) is 4.57 Å². The number of methoxy groups -OCH3 is 1. The lowest BCUT2D eigenvalue weighted by atomic mass is 10.1. The van der Waals surface area contributed by atoms with Crippen molar-refractivity contribution in [1.29, 1.82) is 0 Å². The molecular formula is C19H22N2O5S. The van der Waals surface area contributed by atoms with Gasteiger partial charge in [-0.1, -0.05) is 12.1 Å². The first-order valence-electron chi connectivity index (χ1n) is 8.70. The van der Waals surface area contributed by atoms with E-state index >= 15 is 0 Å². The lowest BCUT2D eigenvalue weighted by Crippen LogP contribution is -2.25. The van der Waals surface area contributed by atoms with E-state index in [1.54, 1.807) is 13.2 Å². The second-order valence-corrected chi connectivity index (χ2v) is 7.86. The molecule has 0 saturated heterocycles. The normalized spacial score (nSPS) is 11.8. The van der Waals surface area contributed by atoms with E-state index in [-0.39, 0.29) is 10.5 Å². The number of sulfonamides is 1. The Balaban J connectivity index is 1.64. The minimum absolute atomic E-state index is 0.0800. The van der Waals surface area contributed by atoms with Crippen LogP contribution >= 0.6 is 0 Å². The van der Waals surface area contributed by atoms with Gasteiger partial charge in [0.25, 0.3) is 0 Å². The number of oxazole rings is 1. The molecule has 3 rings (SSSR count). The van der Waals surface area contributed by atoms with Crippen LogP contribution in [0.3, 0.4) is 0 Å². The van der Waals surface area contributed by atoms with E-state index in [0.29, 0.717) is 25.0 Å². The third-order valence-corrected chi connectivity index (χ3v) is 5.82. The number of ether oxygens (including phenoxy) is 1. The molecule has 1 heterocycles. The first-order chi connectivity index (χ1) is 12.9. The molecule has 0 bridgehead atoms. The van der Waals surface area contributed by atoms with E-state index < -0.39 is 15.8 Å². The van der Waals surface area contributed by atoms with Gasteiger partial charge in [0.2, 0.25) is 10.0 Å². The Kier molecular flexibility index (Phi) is 5.67. The highest BCUT2D eigenvalue weighted by atomic mass is 32.2. The highest BCUT2D eigenvalue weighted by Gasteiger charge is 2.16. The van der Waals surface area contributed by atoms with Crippen LogP contribution in [0.5, 0.6) is 5.75 Å². The number of hydrogen-bond acceptors (Lipinski definition) is 5. The van der Waals surface area contributed by atoms with Gasteiger partial charge in [-0.15, -0.1) is 0 Å². The lowest BCUT2D eigenvalue weighted by Gasteiger charge is -2.07. The minimum Gasteiger partial charge on any atom is -0.497 e. The van der Waals surface area contributed by atoms with E-state index in [9.17, 15) is 13.2 Å². The van der Waals surface area contributed by atoms with Crippen molar-refractivity contribution in [1.82, 2.24) is 9.29 Å². The molecule has 0 fully saturated rings. The quantitative estimate of drug-likeness (QED) is 0.597. The van der Waals surface area contributed by atoms with E-state index in [1.807, 2.05) is 31.2 Å². The molecule has 2 aromatic carbocycles. The van der Waals surface area contributed by atoms with Crippen molar-refractivity contribution >= 4 is 21.1 Å². The van der Waals surface area contributed by atoms with E-state index in [0.717, 1.165) is 17.7 Å². The largest absolute Gasteiger partial charge is 0.497 e. The molecule has 8 heteroatoms. The number of hydrogen-bond donors (Lipinski definition) is 1.